The van der Waals surface area contributed by atoms with Crippen molar-refractivity contribution in [3.8, 4) is 5.88 Å². The Morgan fingerprint density at radius 3 is 2.70 bits per heavy atom. The molecular weight excluding hydrogens is 320 g/mol. The van der Waals surface area contributed by atoms with Crippen LogP contribution in [0.2, 0.25) is 0 Å². The molecule has 110 valence electrons. The van der Waals surface area contributed by atoms with Crippen molar-refractivity contribution in [2.24, 2.45) is 0 Å². The third-order valence-electron chi connectivity index (χ3n) is 3.98. The van der Waals surface area contributed by atoms with Crippen LogP contribution < -0.4 is 9.64 Å². The summed E-state index contributed by atoms with van der Waals surface area (Å²) in [6.45, 7) is 3.35. The molecule has 2 heterocycles. The maximum absolute atomic E-state index is 6.18. The molecule has 1 aliphatic heterocycles. The molecule has 2 aliphatic rings. The summed E-state index contributed by atoms with van der Waals surface area (Å²) in [7, 11) is 0. The van der Waals surface area contributed by atoms with Gasteiger partial charge in [0.1, 0.15) is 11.8 Å². The average Bonchev–Trinajstić information content (AvgIpc) is 2.51. The van der Waals surface area contributed by atoms with Gasteiger partial charge in [0.15, 0.2) is 0 Å². The molecule has 5 heteroatoms. The first-order chi connectivity index (χ1) is 9.83. The molecule has 3 rings (SSSR count). The number of rotatable bonds is 3. The van der Waals surface area contributed by atoms with E-state index in [0.717, 1.165) is 55.2 Å². The maximum Gasteiger partial charge on any atom is 0.237 e. The molecule has 0 unspecified atom stereocenters. The predicted molar refractivity (Wildman–Crippen MR) is 82.5 cm³/mol. The van der Waals surface area contributed by atoms with Crippen LogP contribution in [-0.4, -0.2) is 37.4 Å². The number of pyridine rings is 1. The third kappa shape index (κ3) is 3.44. The van der Waals surface area contributed by atoms with E-state index >= 15 is 0 Å². The molecule has 1 saturated heterocycles. The van der Waals surface area contributed by atoms with E-state index in [1.54, 1.807) is 0 Å². The second-order valence-electron chi connectivity index (χ2n) is 5.46. The van der Waals surface area contributed by atoms with E-state index in [2.05, 4.69) is 31.9 Å². The molecule has 0 aromatic carbocycles. The molecule has 20 heavy (non-hydrogen) atoms. The van der Waals surface area contributed by atoms with Crippen LogP contribution in [0.15, 0.2) is 16.7 Å². The minimum Gasteiger partial charge on any atom is -0.473 e. The number of ether oxygens (including phenoxy) is 2. The highest BCUT2D eigenvalue weighted by atomic mass is 79.9. The van der Waals surface area contributed by atoms with Gasteiger partial charge in [-0.15, -0.1) is 0 Å². The number of nitrogens with zero attached hydrogens (tertiary/aromatic N) is 2. The molecule has 4 nitrogen and oxygen atoms in total. The molecule has 1 saturated carbocycles. The fourth-order valence-electron chi connectivity index (χ4n) is 2.88. The highest BCUT2D eigenvalue weighted by Gasteiger charge is 2.21. The fraction of sp³-hybridized carbons (Fsp3) is 0.667. The van der Waals surface area contributed by atoms with Crippen LogP contribution >= 0.6 is 15.9 Å². The van der Waals surface area contributed by atoms with Crippen molar-refractivity contribution < 1.29 is 9.47 Å². The van der Waals surface area contributed by atoms with E-state index in [0.29, 0.717) is 6.10 Å². The van der Waals surface area contributed by atoms with Gasteiger partial charge in [-0.2, -0.15) is 0 Å². The second kappa shape index (κ2) is 6.76. The van der Waals surface area contributed by atoms with E-state index in [9.17, 15) is 0 Å². The maximum atomic E-state index is 6.18. The van der Waals surface area contributed by atoms with Gasteiger partial charge in [-0.3, -0.25) is 0 Å². The Hall–Kier alpha value is -0.810. The molecule has 0 atom stereocenters. The third-order valence-corrected chi connectivity index (χ3v) is 4.41. The van der Waals surface area contributed by atoms with Gasteiger partial charge in [0, 0.05) is 23.8 Å². The molecule has 1 aromatic rings. The molecule has 0 amide bonds. The lowest BCUT2D eigenvalue weighted by Gasteiger charge is -2.31. The van der Waals surface area contributed by atoms with E-state index in [1.807, 2.05) is 6.20 Å². The Morgan fingerprint density at radius 1 is 1.20 bits per heavy atom. The first-order valence-corrected chi connectivity index (χ1v) is 8.27. The molecule has 2 fully saturated rings. The van der Waals surface area contributed by atoms with Crippen molar-refractivity contribution in [3.05, 3.63) is 16.7 Å². The number of halogens is 1. The lowest BCUT2D eigenvalue weighted by atomic mass is 9.98. The van der Waals surface area contributed by atoms with E-state index < -0.39 is 0 Å². The topological polar surface area (TPSA) is 34.6 Å². The SMILES string of the molecule is Brc1cnc(OC2CCCCC2)c(N2CCOCC2)c1. The Kier molecular flexibility index (Phi) is 4.78. The largest absolute Gasteiger partial charge is 0.473 e. The highest BCUT2D eigenvalue weighted by molar-refractivity contribution is 9.10. The van der Waals surface area contributed by atoms with Crippen LogP contribution in [0.25, 0.3) is 0 Å². The van der Waals surface area contributed by atoms with Crippen molar-refractivity contribution in [3.63, 3.8) is 0 Å². The Balaban J connectivity index is 1.77. The minimum absolute atomic E-state index is 0.331. The summed E-state index contributed by atoms with van der Waals surface area (Å²) in [5, 5.41) is 0. The monoisotopic (exact) mass is 340 g/mol. The Labute approximate surface area is 128 Å². The summed E-state index contributed by atoms with van der Waals surface area (Å²) in [4.78, 5) is 6.80. The second-order valence-corrected chi connectivity index (χ2v) is 6.37. The van der Waals surface area contributed by atoms with Crippen LogP contribution in [0, 0.1) is 0 Å². The van der Waals surface area contributed by atoms with Gasteiger partial charge in [0.2, 0.25) is 5.88 Å². The van der Waals surface area contributed by atoms with Crippen molar-refractivity contribution >= 4 is 21.6 Å². The van der Waals surface area contributed by atoms with Gasteiger partial charge in [-0.25, -0.2) is 4.98 Å². The van der Waals surface area contributed by atoms with Crippen LogP contribution in [0.1, 0.15) is 32.1 Å². The summed E-state index contributed by atoms with van der Waals surface area (Å²) in [6.07, 6.45) is 8.34. The number of hydrogen-bond acceptors (Lipinski definition) is 4. The summed E-state index contributed by atoms with van der Waals surface area (Å²) in [5.74, 6) is 0.780. The molecule has 0 N–H and O–H groups in total. The Bertz CT molecular complexity index is 443. The van der Waals surface area contributed by atoms with Gasteiger partial charge < -0.3 is 14.4 Å². The van der Waals surface area contributed by atoms with Crippen LogP contribution in [0.4, 0.5) is 5.69 Å². The number of hydrogen-bond donors (Lipinski definition) is 0. The van der Waals surface area contributed by atoms with Crippen LogP contribution in [0.3, 0.4) is 0 Å². The van der Waals surface area contributed by atoms with Crippen molar-refractivity contribution in [1.29, 1.82) is 0 Å². The van der Waals surface area contributed by atoms with Gasteiger partial charge in [-0.1, -0.05) is 6.42 Å². The predicted octanol–water partition coefficient (Wildman–Crippen LogP) is 3.39. The zero-order valence-electron chi connectivity index (χ0n) is 11.7. The quantitative estimate of drug-likeness (QED) is 0.844. The van der Waals surface area contributed by atoms with E-state index in [-0.39, 0.29) is 0 Å². The summed E-state index contributed by atoms with van der Waals surface area (Å²) in [6, 6.07) is 2.11. The minimum atomic E-state index is 0.331. The number of anilines is 1. The Morgan fingerprint density at radius 2 is 1.95 bits per heavy atom. The van der Waals surface area contributed by atoms with Crippen molar-refractivity contribution in [2.45, 2.75) is 38.2 Å². The van der Waals surface area contributed by atoms with Gasteiger partial charge in [0.25, 0.3) is 0 Å². The normalized spacial score (nSPS) is 20.9. The zero-order valence-corrected chi connectivity index (χ0v) is 13.3. The summed E-state index contributed by atoms with van der Waals surface area (Å²) >= 11 is 3.51. The van der Waals surface area contributed by atoms with Gasteiger partial charge >= 0.3 is 0 Å². The smallest absolute Gasteiger partial charge is 0.237 e. The van der Waals surface area contributed by atoms with E-state index in [1.165, 1.54) is 19.3 Å². The van der Waals surface area contributed by atoms with Crippen LogP contribution in [-0.2, 0) is 4.74 Å². The van der Waals surface area contributed by atoms with Gasteiger partial charge in [0.05, 0.1) is 13.2 Å². The summed E-state index contributed by atoms with van der Waals surface area (Å²) < 4.78 is 12.6. The zero-order chi connectivity index (χ0) is 13.8. The highest BCUT2D eigenvalue weighted by Crippen LogP contribution is 2.32. The number of aromatic nitrogens is 1. The lowest BCUT2D eigenvalue weighted by Crippen LogP contribution is -2.37. The first kappa shape index (κ1) is 14.1. The molecule has 1 aromatic heterocycles. The molecule has 0 radical (unpaired) electrons. The standard InChI is InChI=1S/C15H21BrN2O2/c16-12-10-14(18-6-8-19-9-7-18)15(17-11-12)20-13-4-2-1-3-5-13/h10-11,13H,1-9H2. The van der Waals surface area contributed by atoms with Crippen molar-refractivity contribution in [2.75, 3.05) is 31.2 Å². The molecule has 0 bridgehead atoms. The molecule has 1 aliphatic carbocycles. The average molecular weight is 341 g/mol. The fourth-order valence-corrected chi connectivity index (χ4v) is 3.20. The van der Waals surface area contributed by atoms with Crippen LogP contribution in [0.5, 0.6) is 5.88 Å². The number of morpholine rings is 1. The lowest BCUT2D eigenvalue weighted by molar-refractivity contribution is 0.120. The van der Waals surface area contributed by atoms with Gasteiger partial charge in [-0.05, 0) is 47.7 Å². The molecule has 0 spiro atoms. The summed E-state index contributed by atoms with van der Waals surface area (Å²) in [5.41, 5.74) is 1.09. The van der Waals surface area contributed by atoms with E-state index in [4.69, 9.17) is 9.47 Å². The molecular formula is C15H21BrN2O2. The van der Waals surface area contributed by atoms with Crippen molar-refractivity contribution in [1.82, 2.24) is 4.98 Å². The first-order valence-electron chi connectivity index (χ1n) is 7.48.